The van der Waals surface area contributed by atoms with Gasteiger partial charge in [-0.05, 0) is 25.2 Å². The largest absolute Gasteiger partial charge is 0.376 e. The second-order valence-corrected chi connectivity index (χ2v) is 5.70. The molecule has 3 atom stereocenters. The van der Waals surface area contributed by atoms with Crippen LogP contribution in [0.15, 0.2) is 0 Å². The fraction of sp³-hybridized carbons (Fsp3) is 0.929. The summed E-state index contributed by atoms with van der Waals surface area (Å²) < 4.78 is 10.8. The van der Waals surface area contributed by atoms with Gasteiger partial charge in [-0.1, -0.05) is 12.8 Å². The summed E-state index contributed by atoms with van der Waals surface area (Å²) in [6.45, 7) is 2.42. The smallest absolute Gasteiger partial charge is 0.220 e. The quantitative estimate of drug-likeness (QED) is 0.775. The molecule has 5 heteroatoms. The Hall–Kier alpha value is -0.650. The summed E-state index contributed by atoms with van der Waals surface area (Å²) in [6, 6.07) is 0.342. The van der Waals surface area contributed by atoms with Gasteiger partial charge in [-0.3, -0.25) is 4.79 Å². The molecule has 1 heterocycles. The first-order chi connectivity index (χ1) is 9.24. The maximum absolute atomic E-state index is 11.8. The molecule has 2 rings (SSSR count). The first-order valence-corrected chi connectivity index (χ1v) is 7.45. The monoisotopic (exact) mass is 270 g/mol. The van der Waals surface area contributed by atoms with Crippen LogP contribution in [0, 0.1) is 5.92 Å². The van der Waals surface area contributed by atoms with E-state index in [1.54, 1.807) is 0 Å². The van der Waals surface area contributed by atoms with Gasteiger partial charge in [0, 0.05) is 19.0 Å². The highest BCUT2D eigenvalue weighted by Gasteiger charge is 2.20. The van der Waals surface area contributed by atoms with Gasteiger partial charge in [-0.2, -0.15) is 0 Å². The third-order valence-electron chi connectivity index (χ3n) is 4.01. The zero-order valence-electron chi connectivity index (χ0n) is 11.6. The van der Waals surface area contributed by atoms with Crippen molar-refractivity contribution in [3.63, 3.8) is 0 Å². The number of nitrogens with one attached hydrogen (secondary N) is 1. The molecule has 0 spiro atoms. The van der Waals surface area contributed by atoms with Crippen LogP contribution >= 0.6 is 0 Å². The average molecular weight is 270 g/mol. The van der Waals surface area contributed by atoms with E-state index in [0.29, 0.717) is 44.7 Å². The molecule has 19 heavy (non-hydrogen) atoms. The van der Waals surface area contributed by atoms with Crippen molar-refractivity contribution in [3.8, 4) is 0 Å². The van der Waals surface area contributed by atoms with E-state index in [0.717, 1.165) is 19.3 Å². The zero-order valence-corrected chi connectivity index (χ0v) is 11.6. The Morgan fingerprint density at radius 1 is 1.32 bits per heavy atom. The predicted molar refractivity (Wildman–Crippen MR) is 72.7 cm³/mol. The van der Waals surface area contributed by atoms with Gasteiger partial charge in [-0.25, -0.2) is 0 Å². The van der Waals surface area contributed by atoms with Crippen LogP contribution in [0.2, 0.25) is 0 Å². The fourth-order valence-electron chi connectivity index (χ4n) is 2.90. The second-order valence-electron chi connectivity index (χ2n) is 5.70. The summed E-state index contributed by atoms with van der Waals surface area (Å²) in [5.74, 6) is 0.747. The van der Waals surface area contributed by atoms with Gasteiger partial charge in [0.25, 0.3) is 0 Å². The molecule has 5 nitrogen and oxygen atoms in total. The molecule has 1 saturated heterocycles. The number of carbonyl (C=O) groups excluding carboxylic acids is 1. The lowest BCUT2D eigenvalue weighted by atomic mass is 9.83. The normalized spacial score (nSPS) is 31.9. The Morgan fingerprint density at radius 2 is 2.21 bits per heavy atom. The fourth-order valence-corrected chi connectivity index (χ4v) is 2.90. The number of ether oxygens (including phenoxy) is 2. The van der Waals surface area contributed by atoms with E-state index >= 15 is 0 Å². The minimum absolute atomic E-state index is 0.0146. The van der Waals surface area contributed by atoms with Crippen LogP contribution < -0.4 is 11.1 Å². The van der Waals surface area contributed by atoms with E-state index in [1.807, 2.05) is 0 Å². The van der Waals surface area contributed by atoms with E-state index in [4.69, 9.17) is 15.2 Å². The van der Waals surface area contributed by atoms with E-state index in [2.05, 4.69) is 5.32 Å². The Morgan fingerprint density at radius 3 is 2.95 bits per heavy atom. The van der Waals surface area contributed by atoms with Crippen molar-refractivity contribution < 1.29 is 14.3 Å². The Kier molecular flexibility index (Phi) is 6.07. The standard InChI is InChI=1S/C14H26N2O3/c15-12-3-1-2-11(8-12)4-5-14(17)16-9-13-10-18-6-7-19-13/h11-13H,1-10,15H2,(H,16,17). The molecule has 0 aromatic rings. The molecule has 1 aliphatic heterocycles. The van der Waals surface area contributed by atoms with Crippen LogP contribution in [0.5, 0.6) is 0 Å². The average Bonchev–Trinajstić information content (AvgIpc) is 2.44. The highest BCUT2D eigenvalue weighted by Crippen LogP contribution is 2.26. The first-order valence-electron chi connectivity index (χ1n) is 7.45. The third kappa shape index (κ3) is 5.47. The molecule has 0 aromatic carbocycles. The number of hydrogen-bond acceptors (Lipinski definition) is 4. The van der Waals surface area contributed by atoms with Crippen LogP contribution in [-0.2, 0) is 14.3 Å². The van der Waals surface area contributed by atoms with E-state index in [1.165, 1.54) is 12.8 Å². The maximum Gasteiger partial charge on any atom is 0.220 e. The minimum atomic E-state index is 0.0146. The van der Waals surface area contributed by atoms with Gasteiger partial charge < -0.3 is 20.5 Å². The summed E-state index contributed by atoms with van der Waals surface area (Å²) in [4.78, 5) is 11.8. The van der Waals surface area contributed by atoms with Gasteiger partial charge in [0.05, 0.1) is 25.9 Å². The van der Waals surface area contributed by atoms with Crippen LogP contribution in [-0.4, -0.2) is 44.4 Å². The molecule has 3 unspecified atom stereocenters. The summed E-state index contributed by atoms with van der Waals surface area (Å²) >= 11 is 0. The van der Waals surface area contributed by atoms with Gasteiger partial charge >= 0.3 is 0 Å². The molecular formula is C14H26N2O3. The van der Waals surface area contributed by atoms with Crippen molar-refractivity contribution in [1.82, 2.24) is 5.32 Å². The molecule has 110 valence electrons. The van der Waals surface area contributed by atoms with Crippen LogP contribution in [0.25, 0.3) is 0 Å². The number of carbonyl (C=O) groups is 1. The summed E-state index contributed by atoms with van der Waals surface area (Å²) in [7, 11) is 0. The molecule has 0 bridgehead atoms. The Labute approximate surface area is 115 Å². The molecule has 0 aromatic heterocycles. The summed E-state index contributed by atoms with van der Waals surface area (Å²) in [6.07, 6.45) is 6.23. The van der Waals surface area contributed by atoms with Crippen molar-refractivity contribution in [3.05, 3.63) is 0 Å². The van der Waals surface area contributed by atoms with Gasteiger partial charge in [-0.15, -0.1) is 0 Å². The number of amides is 1. The molecule has 1 aliphatic carbocycles. The van der Waals surface area contributed by atoms with Gasteiger partial charge in [0.2, 0.25) is 5.91 Å². The second kappa shape index (κ2) is 7.82. The Balaban J connectivity index is 1.56. The van der Waals surface area contributed by atoms with Gasteiger partial charge in [0.15, 0.2) is 0 Å². The highest BCUT2D eigenvalue weighted by molar-refractivity contribution is 5.75. The molecule has 2 fully saturated rings. The number of hydrogen-bond donors (Lipinski definition) is 2. The van der Waals surface area contributed by atoms with E-state index < -0.39 is 0 Å². The zero-order chi connectivity index (χ0) is 13.5. The van der Waals surface area contributed by atoms with E-state index in [9.17, 15) is 4.79 Å². The molecular weight excluding hydrogens is 244 g/mol. The highest BCUT2D eigenvalue weighted by atomic mass is 16.6. The molecule has 2 aliphatic rings. The van der Waals surface area contributed by atoms with E-state index in [-0.39, 0.29) is 12.0 Å². The summed E-state index contributed by atoms with van der Waals surface area (Å²) in [5.41, 5.74) is 5.96. The van der Waals surface area contributed by atoms with Crippen LogP contribution in [0.3, 0.4) is 0 Å². The molecule has 1 saturated carbocycles. The maximum atomic E-state index is 11.8. The lowest BCUT2D eigenvalue weighted by Crippen LogP contribution is -2.39. The van der Waals surface area contributed by atoms with Gasteiger partial charge in [0.1, 0.15) is 0 Å². The minimum Gasteiger partial charge on any atom is -0.376 e. The molecule has 0 radical (unpaired) electrons. The topological polar surface area (TPSA) is 73.6 Å². The molecule has 1 amide bonds. The van der Waals surface area contributed by atoms with Crippen molar-refractivity contribution >= 4 is 5.91 Å². The number of nitrogens with two attached hydrogens (primary N) is 1. The van der Waals surface area contributed by atoms with Crippen LogP contribution in [0.1, 0.15) is 38.5 Å². The predicted octanol–water partition coefficient (Wildman–Crippen LogP) is 0.816. The lowest BCUT2D eigenvalue weighted by molar-refractivity contribution is -0.124. The SMILES string of the molecule is NC1CCCC(CCC(=O)NCC2COCCO2)C1. The Bertz CT molecular complexity index is 280. The third-order valence-corrected chi connectivity index (χ3v) is 4.01. The van der Waals surface area contributed by atoms with Crippen LogP contribution in [0.4, 0.5) is 0 Å². The summed E-state index contributed by atoms with van der Waals surface area (Å²) in [5, 5.41) is 2.93. The first kappa shape index (κ1) is 14.8. The van der Waals surface area contributed by atoms with Crippen molar-refractivity contribution in [2.24, 2.45) is 11.7 Å². The number of rotatable bonds is 5. The van der Waals surface area contributed by atoms with Crippen molar-refractivity contribution in [2.45, 2.75) is 50.7 Å². The van der Waals surface area contributed by atoms with Crippen molar-refractivity contribution in [1.29, 1.82) is 0 Å². The molecule has 3 N–H and O–H groups in total. The van der Waals surface area contributed by atoms with Crippen molar-refractivity contribution in [2.75, 3.05) is 26.4 Å². The lowest BCUT2D eigenvalue weighted by Gasteiger charge is -2.26.